The first-order valence-corrected chi connectivity index (χ1v) is 7.15. The van der Waals surface area contributed by atoms with E-state index in [1.165, 1.54) is 23.9 Å². The number of rotatable bonds is 5. The first kappa shape index (κ1) is 14.1. The van der Waals surface area contributed by atoms with Gasteiger partial charge in [0.25, 0.3) is 0 Å². The van der Waals surface area contributed by atoms with Crippen molar-refractivity contribution in [3.63, 3.8) is 0 Å². The largest absolute Gasteiger partial charge is 0.298 e. The highest BCUT2D eigenvalue weighted by atomic mass is 35.5. The van der Waals surface area contributed by atoms with Crippen molar-refractivity contribution in [2.75, 3.05) is 5.75 Å². The van der Waals surface area contributed by atoms with Crippen molar-refractivity contribution in [1.82, 2.24) is 0 Å². The highest BCUT2D eigenvalue weighted by molar-refractivity contribution is 8.00. The Morgan fingerprint density at radius 1 is 1.11 bits per heavy atom. The monoisotopic (exact) mass is 294 g/mol. The normalized spacial score (nSPS) is 10.4. The molecule has 0 amide bonds. The average molecular weight is 295 g/mol. The molecule has 0 N–H and O–H groups in total. The number of hydrogen-bond donors (Lipinski definition) is 0. The van der Waals surface area contributed by atoms with Crippen LogP contribution in [0.3, 0.4) is 0 Å². The van der Waals surface area contributed by atoms with Gasteiger partial charge < -0.3 is 0 Å². The molecular weight excluding hydrogens is 283 g/mol. The van der Waals surface area contributed by atoms with E-state index < -0.39 is 0 Å². The summed E-state index contributed by atoms with van der Waals surface area (Å²) >= 11 is 7.43. The third kappa shape index (κ3) is 4.37. The van der Waals surface area contributed by atoms with Crippen molar-refractivity contribution >= 4 is 29.1 Å². The molecule has 0 aliphatic rings. The summed E-state index contributed by atoms with van der Waals surface area (Å²) in [5.41, 5.74) is 0.825. The van der Waals surface area contributed by atoms with Crippen LogP contribution in [0, 0.1) is 5.82 Å². The first-order chi connectivity index (χ1) is 9.15. The van der Waals surface area contributed by atoms with E-state index in [-0.39, 0.29) is 11.6 Å². The van der Waals surface area contributed by atoms with Crippen LogP contribution in [0.1, 0.15) is 5.56 Å². The van der Waals surface area contributed by atoms with Crippen molar-refractivity contribution < 1.29 is 9.18 Å². The van der Waals surface area contributed by atoms with Crippen LogP contribution in [0.2, 0.25) is 5.02 Å². The van der Waals surface area contributed by atoms with Crippen molar-refractivity contribution in [1.29, 1.82) is 0 Å². The molecule has 0 unspecified atom stereocenters. The number of benzene rings is 2. The Morgan fingerprint density at radius 3 is 2.47 bits per heavy atom. The predicted molar refractivity (Wildman–Crippen MR) is 77.3 cm³/mol. The lowest BCUT2D eigenvalue weighted by molar-refractivity contribution is -0.116. The first-order valence-electron chi connectivity index (χ1n) is 5.78. The van der Waals surface area contributed by atoms with Gasteiger partial charge in [-0.15, -0.1) is 11.8 Å². The van der Waals surface area contributed by atoms with Gasteiger partial charge in [-0.05, 0) is 29.8 Å². The quantitative estimate of drug-likeness (QED) is 0.761. The zero-order valence-corrected chi connectivity index (χ0v) is 11.7. The van der Waals surface area contributed by atoms with Crippen LogP contribution >= 0.6 is 23.4 Å². The van der Waals surface area contributed by atoms with Crippen molar-refractivity contribution in [3.05, 3.63) is 64.9 Å². The number of thioether (sulfide) groups is 1. The van der Waals surface area contributed by atoms with Crippen LogP contribution in [0.5, 0.6) is 0 Å². The fourth-order valence-corrected chi connectivity index (χ4v) is 2.70. The van der Waals surface area contributed by atoms with Gasteiger partial charge >= 0.3 is 0 Å². The van der Waals surface area contributed by atoms with Crippen molar-refractivity contribution in [2.24, 2.45) is 0 Å². The Labute approximate surface area is 120 Å². The maximum Gasteiger partial charge on any atom is 0.147 e. The fraction of sp³-hybridized carbons (Fsp3) is 0.133. The molecular formula is C15H12ClFOS. The number of carbonyl (C=O) groups excluding carboxylic acids is 1. The number of halogens is 2. The molecule has 4 heteroatoms. The van der Waals surface area contributed by atoms with E-state index >= 15 is 0 Å². The molecule has 0 bridgehead atoms. The van der Waals surface area contributed by atoms with E-state index in [0.29, 0.717) is 17.2 Å². The Balaban J connectivity index is 1.88. The Hall–Kier alpha value is -1.32. The highest BCUT2D eigenvalue weighted by Gasteiger charge is 2.07. The van der Waals surface area contributed by atoms with Gasteiger partial charge in [0.05, 0.1) is 10.8 Å². The predicted octanol–water partition coefficient (Wildman–Crippen LogP) is 4.38. The van der Waals surface area contributed by atoms with E-state index in [1.54, 1.807) is 18.2 Å². The van der Waals surface area contributed by atoms with Gasteiger partial charge in [-0.3, -0.25) is 4.79 Å². The molecule has 0 radical (unpaired) electrons. The van der Waals surface area contributed by atoms with Gasteiger partial charge in [0, 0.05) is 11.3 Å². The molecule has 0 aromatic heterocycles. The maximum atomic E-state index is 12.7. The van der Waals surface area contributed by atoms with Gasteiger partial charge in [0.1, 0.15) is 11.6 Å². The standard InChI is InChI=1S/C15H12ClFOS/c16-14-3-1-2-4-15(14)19-10-13(18)9-11-5-7-12(17)8-6-11/h1-8H,9-10H2. The van der Waals surface area contributed by atoms with Crippen LogP contribution in [-0.2, 0) is 11.2 Å². The van der Waals surface area contributed by atoms with E-state index in [1.807, 2.05) is 18.2 Å². The summed E-state index contributed by atoms with van der Waals surface area (Å²) in [6.07, 6.45) is 0.317. The zero-order valence-electron chi connectivity index (χ0n) is 10.1. The van der Waals surface area contributed by atoms with Gasteiger partial charge in [0.15, 0.2) is 0 Å². The fourth-order valence-electron chi connectivity index (χ4n) is 1.60. The summed E-state index contributed by atoms with van der Waals surface area (Å²) in [5, 5.41) is 0.655. The summed E-state index contributed by atoms with van der Waals surface area (Å²) in [6, 6.07) is 13.4. The average Bonchev–Trinajstić information content (AvgIpc) is 2.40. The highest BCUT2D eigenvalue weighted by Crippen LogP contribution is 2.26. The van der Waals surface area contributed by atoms with E-state index in [2.05, 4.69) is 0 Å². The SMILES string of the molecule is O=C(CSc1ccccc1Cl)Cc1ccc(F)cc1. The summed E-state index contributed by atoms with van der Waals surface area (Å²) in [5.74, 6) is 0.166. The molecule has 1 nitrogen and oxygen atoms in total. The van der Waals surface area contributed by atoms with Crippen molar-refractivity contribution in [2.45, 2.75) is 11.3 Å². The topological polar surface area (TPSA) is 17.1 Å². The second kappa shape index (κ2) is 6.73. The molecule has 0 saturated heterocycles. The third-order valence-electron chi connectivity index (χ3n) is 2.54. The molecule has 0 saturated carbocycles. The van der Waals surface area contributed by atoms with Crippen molar-refractivity contribution in [3.8, 4) is 0 Å². The molecule has 19 heavy (non-hydrogen) atoms. The summed E-state index contributed by atoms with van der Waals surface area (Å²) in [4.78, 5) is 12.7. The minimum absolute atomic E-state index is 0.0940. The molecule has 0 atom stereocenters. The lowest BCUT2D eigenvalue weighted by Crippen LogP contribution is -2.05. The second-order valence-corrected chi connectivity index (χ2v) is 5.49. The maximum absolute atomic E-state index is 12.7. The summed E-state index contributed by atoms with van der Waals surface area (Å²) in [6.45, 7) is 0. The molecule has 0 heterocycles. The Morgan fingerprint density at radius 2 is 1.79 bits per heavy atom. The van der Waals surface area contributed by atoms with Gasteiger partial charge in [-0.2, -0.15) is 0 Å². The smallest absolute Gasteiger partial charge is 0.147 e. The second-order valence-electron chi connectivity index (χ2n) is 4.06. The van der Waals surface area contributed by atoms with Gasteiger partial charge in [0.2, 0.25) is 0 Å². The van der Waals surface area contributed by atoms with Crippen LogP contribution in [-0.4, -0.2) is 11.5 Å². The van der Waals surface area contributed by atoms with Crippen LogP contribution in [0.15, 0.2) is 53.4 Å². The molecule has 0 spiro atoms. The van der Waals surface area contributed by atoms with Gasteiger partial charge in [-0.25, -0.2) is 4.39 Å². The lowest BCUT2D eigenvalue weighted by Gasteiger charge is -2.03. The van der Waals surface area contributed by atoms with Gasteiger partial charge in [-0.1, -0.05) is 35.9 Å². The zero-order chi connectivity index (χ0) is 13.7. The van der Waals surface area contributed by atoms with Crippen LogP contribution in [0.25, 0.3) is 0 Å². The molecule has 0 aliphatic heterocycles. The number of Topliss-reactive ketones (excluding diaryl/α,β-unsaturated/α-hetero) is 1. The minimum Gasteiger partial charge on any atom is -0.298 e. The molecule has 2 aromatic carbocycles. The number of hydrogen-bond acceptors (Lipinski definition) is 2. The van der Waals surface area contributed by atoms with E-state index in [0.717, 1.165) is 10.5 Å². The summed E-state index contributed by atoms with van der Waals surface area (Å²) in [7, 11) is 0. The molecule has 2 aromatic rings. The minimum atomic E-state index is -0.290. The number of ketones is 1. The number of carbonyl (C=O) groups is 1. The third-order valence-corrected chi connectivity index (χ3v) is 4.11. The Kier molecular flexibility index (Phi) is 5.00. The molecule has 2 rings (SSSR count). The van der Waals surface area contributed by atoms with E-state index in [4.69, 9.17) is 11.6 Å². The summed E-state index contributed by atoms with van der Waals surface area (Å²) < 4.78 is 12.7. The molecule has 98 valence electrons. The Bertz CT molecular complexity index is 569. The van der Waals surface area contributed by atoms with Crippen LogP contribution in [0.4, 0.5) is 4.39 Å². The molecule has 0 aliphatic carbocycles. The lowest BCUT2D eigenvalue weighted by atomic mass is 10.1. The van der Waals surface area contributed by atoms with E-state index in [9.17, 15) is 9.18 Å². The molecule has 0 fully saturated rings. The van der Waals surface area contributed by atoms with Crippen LogP contribution < -0.4 is 0 Å².